The minimum Gasteiger partial charge on any atom is -0.352 e. The van der Waals surface area contributed by atoms with Gasteiger partial charge < -0.3 is 10.6 Å². The summed E-state index contributed by atoms with van der Waals surface area (Å²) in [7, 11) is -4.21. The Morgan fingerprint density at radius 2 is 1.88 bits per heavy atom. The molecule has 1 aromatic carbocycles. The van der Waals surface area contributed by atoms with Crippen LogP contribution in [0.3, 0.4) is 0 Å². The number of hydrogen-bond acceptors (Lipinski definition) is 4. The van der Waals surface area contributed by atoms with E-state index in [0.717, 1.165) is 25.0 Å². The van der Waals surface area contributed by atoms with Gasteiger partial charge in [-0.15, -0.1) is 0 Å². The second-order valence-electron chi connectivity index (χ2n) is 6.33. The summed E-state index contributed by atoms with van der Waals surface area (Å²) in [5, 5.41) is 5.13. The molecule has 1 aromatic rings. The van der Waals surface area contributed by atoms with E-state index < -0.39 is 38.6 Å². The van der Waals surface area contributed by atoms with Crippen LogP contribution in [0.5, 0.6) is 0 Å². The first-order valence-electron chi connectivity index (χ1n) is 8.04. The van der Waals surface area contributed by atoms with Crippen LogP contribution < -0.4 is 15.4 Å². The molecule has 2 rings (SSSR count). The Morgan fingerprint density at radius 3 is 2.44 bits per heavy atom. The van der Waals surface area contributed by atoms with Gasteiger partial charge in [0, 0.05) is 6.04 Å². The lowest BCUT2D eigenvalue weighted by atomic mass is 10.1. The number of carbonyl (C=O) groups is 2. The molecule has 0 aromatic heterocycles. The van der Waals surface area contributed by atoms with Gasteiger partial charge in [-0.05, 0) is 30.9 Å². The standard InChI is InChI=1S/C16H22FN3O4S/c1-10(2)15(16(22)18-9-14(21)19-11-7-8-11)20-25(23,24)13-6-4-3-5-12(13)17/h3-6,10-11,15,20H,7-9H2,1-2H3,(H,18,22)(H,19,21)/t15-/m0/s1. The third-order valence-electron chi connectivity index (χ3n) is 3.72. The minimum absolute atomic E-state index is 0.171. The Morgan fingerprint density at radius 1 is 1.24 bits per heavy atom. The molecule has 1 fully saturated rings. The molecule has 25 heavy (non-hydrogen) atoms. The highest BCUT2D eigenvalue weighted by atomic mass is 32.2. The maximum absolute atomic E-state index is 13.7. The molecule has 0 radical (unpaired) electrons. The van der Waals surface area contributed by atoms with Crippen molar-refractivity contribution in [2.24, 2.45) is 5.92 Å². The number of benzene rings is 1. The molecule has 0 saturated heterocycles. The van der Waals surface area contributed by atoms with Gasteiger partial charge >= 0.3 is 0 Å². The topological polar surface area (TPSA) is 104 Å². The molecule has 0 aliphatic heterocycles. The molecule has 2 amide bonds. The van der Waals surface area contributed by atoms with Crippen molar-refractivity contribution in [2.45, 2.75) is 43.7 Å². The van der Waals surface area contributed by atoms with Crippen LogP contribution in [-0.2, 0) is 19.6 Å². The molecule has 1 aliphatic carbocycles. The summed E-state index contributed by atoms with van der Waals surface area (Å²) in [6.45, 7) is 3.07. The van der Waals surface area contributed by atoms with Crippen molar-refractivity contribution in [2.75, 3.05) is 6.54 Å². The molecule has 7 nitrogen and oxygen atoms in total. The summed E-state index contributed by atoms with van der Waals surface area (Å²) in [5.74, 6) is -2.26. The lowest BCUT2D eigenvalue weighted by Gasteiger charge is -2.21. The number of amides is 2. The number of nitrogens with one attached hydrogen (secondary N) is 3. The van der Waals surface area contributed by atoms with Crippen molar-refractivity contribution >= 4 is 21.8 Å². The smallest absolute Gasteiger partial charge is 0.244 e. The van der Waals surface area contributed by atoms with Crippen molar-refractivity contribution in [3.05, 3.63) is 30.1 Å². The first-order valence-corrected chi connectivity index (χ1v) is 9.53. The zero-order valence-electron chi connectivity index (χ0n) is 14.1. The highest BCUT2D eigenvalue weighted by molar-refractivity contribution is 7.89. The zero-order valence-corrected chi connectivity index (χ0v) is 14.9. The van der Waals surface area contributed by atoms with Gasteiger partial charge in [-0.2, -0.15) is 4.72 Å². The maximum atomic E-state index is 13.7. The van der Waals surface area contributed by atoms with Crippen LogP contribution in [0.4, 0.5) is 4.39 Å². The number of carbonyl (C=O) groups excluding carboxylic acids is 2. The summed E-state index contributed by atoms with van der Waals surface area (Å²) in [5.41, 5.74) is 0. The van der Waals surface area contributed by atoms with Crippen LogP contribution in [0.1, 0.15) is 26.7 Å². The molecule has 1 aliphatic rings. The van der Waals surface area contributed by atoms with E-state index in [4.69, 9.17) is 0 Å². The predicted molar refractivity (Wildman–Crippen MR) is 89.5 cm³/mol. The van der Waals surface area contributed by atoms with E-state index in [1.54, 1.807) is 13.8 Å². The Balaban J connectivity index is 2.02. The van der Waals surface area contributed by atoms with E-state index in [9.17, 15) is 22.4 Å². The molecular weight excluding hydrogens is 349 g/mol. The lowest BCUT2D eigenvalue weighted by Crippen LogP contribution is -2.51. The van der Waals surface area contributed by atoms with Crippen molar-refractivity contribution < 1.29 is 22.4 Å². The van der Waals surface area contributed by atoms with Crippen molar-refractivity contribution in [1.82, 2.24) is 15.4 Å². The minimum atomic E-state index is -4.21. The Hall–Kier alpha value is -2.00. The number of halogens is 1. The zero-order chi connectivity index (χ0) is 18.6. The van der Waals surface area contributed by atoms with E-state index in [1.807, 2.05) is 0 Å². The highest BCUT2D eigenvalue weighted by Gasteiger charge is 2.30. The molecule has 1 atom stereocenters. The van der Waals surface area contributed by atoms with Gasteiger partial charge in [0.05, 0.1) is 6.54 Å². The summed E-state index contributed by atoms with van der Waals surface area (Å²) < 4.78 is 40.7. The normalized spacial score (nSPS) is 15.7. The van der Waals surface area contributed by atoms with Crippen LogP contribution in [0.2, 0.25) is 0 Å². The average molecular weight is 371 g/mol. The van der Waals surface area contributed by atoms with Crippen molar-refractivity contribution in [3.8, 4) is 0 Å². The second-order valence-corrected chi connectivity index (χ2v) is 8.02. The van der Waals surface area contributed by atoms with E-state index in [1.165, 1.54) is 12.1 Å². The quantitative estimate of drug-likeness (QED) is 0.620. The van der Waals surface area contributed by atoms with Gasteiger partial charge in [0.15, 0.2) is 0 Å². The molecular formula is C16H22FN3O4S. The Bertz CT molecular complexity index is 748. The van der Waals surface area contributed by atoms with Gasteiger partial charge in [0.25, 0.3) is 0 Å². The summed E-state index contributed by atoms with van der Waals surface area (Å²) in [4.78, 5) is 23.4. The highest BCUT2D eigenvalue weighted by Crippen LogP contribution is 2.18. The molecule has 138 valence electrons. The molecule has 9 heteroatoms. The Kier molecular flexibility index (Phi) is 6.12. The largest absolute Gasteiger partial charge is 0.352 e. The van der Waals surface area contributed by atoms with E-state index >= 15 is 0 Å². The first kappa shape index (κ1) is 19.3. The SMILES string of the molecule is CC(C)[C@H](NS(=O)(=O)c1ccccc1F)C(=O)NCC(=O)NC1CC1. The summed E-state index contributed by atoms with van der Waals surface area (Å²) >= 11 is 0. The number of hydrogen-bond donors (Lipinski definition) is 3. The molecule has 0 heterocycles. The number of sulfonamides is 1. The molecule has 0 spiro atoms. The van der Waals surface area contributed by atoms with E-state index in [2.05, 4.69) is 15.4 Å². The fraction of sp³-hybridized carbons (Fsp3) is 0.500. The first-order chi connectivity index (χ1) is 11.7. The fourth-order valence-electron chi connectivity index (χ4n) is 2.17. The maximum Gasteiger partial charge on any atom is 0.244 e. The van der Waals surface area contributed by atoms with Gasteiger partial charge in [-0.25, -0.2) is 12.8 Å². The van der Waals surface area contributed by atoms with Crippen molar-refractivity contribution in [3.63, 3.8) is 0 Å². The summed E-state index contributed by atoms with van der Waals surface area (Å²) in [6.07, 6.45) is 1.85. The van der Waals surface area contributed by atoms with Gasteiger partial charge in [0.2, 0.25) is 21.8 Å². The second kappa shape index (κ2) is 7.92. The van der Waals surface area contributed by atoms with E-state index in [0.29, 0.717) is 0 Å². The molecule has 0 unspecified atom stereocenters. The van der Waals surface area contributed by atoms with Crippen LogP contribution in [0.25, 0.3) is 0 Å². The predicted octanol–water partition coefficient (Wildman–Crippen LogP) is 0.523. The van der Waals surface area contributed by atoms with Crippen LogP contribution >= 0.6 is 0 Å². The molecule has 0 bridgehead atoms. The van der Waals surface area contributed by atoms with Crippen LogP contribution in [0.15, 0.2) is 29.2 Å². The third-order valence-corrected chi connectivity index (χ3v) is 5.20. The third kappa shape index (κ3) is 5.50. The number of rotatable bonds is 8. The monoisotopic (exact) mass is 371 g/mol. The van der Waals surface area contributed by atoms with Gasteiger partial charge in [-0.1, -0.05) is 26.0 Å². The summed E-state index contributed by atoms with van der Waals surface area (Å²) in [6, 6.07) is 3.96. The van der Waals surface area contributed by atoms with Crippen molar-refractivity contribution in [1.29, 1.82) is 0 Å². The molecule has 1 saturated carbocycles. The molecule has 3 N–H and O–H groups in total. The van der Waals surface area contributed by atoms with Gasteiger partial charge in [0.1, 0.15) is 16.8 Å². The van der Waals surface area contributed by atoms with Gasteiger partial charge in [-0.3, -0.25) is 9.59 Å². The van der Waals surface area contributed by atoms with Crippen LogP contribution in [-0.4, -0.2) is 38.9 Å². The Labute approximate surface area is 146 Å². The van der Waals surface area contributed by atoms with E-state index in [-0.39, 0.29) is 18.5 Å². The lowest BCUT2D eigenvalue weighted by molar-refractivity contribution is -0.127. The fourth-order valence-corrected chi connectivity index (χ4v) is 3.59. The average Bonchev–Trinajstić information content (AvgIpc) is 3.34. The van der Waals surface area contributed by atoms with Crippen LogP contribution in [0, 0.1) is 11.7 Å².